The second-order valence-electron chi connectivity index (χ2n) is 16.7. The van der Waals surface area contributed by atoms with Crippen LogP contribution < -0.4 is 0 Å². The van der Waals surface area contributed by atoms with Gasteiger partial charge >= 0.3 is 0 Å². The molecule has 0 bridgehead atoms. The molecule has 8 heteroatoms. The van der Waals surface area contributed by atoms with Crippen molar-refractivity contribution in [2.75, 3.05) is 0 Å². The summed E-state index contributed by atoms with van der Waals surface area (Å²) in [5.74, 6) is 3.34. The molecule has 318 valence electrons. The molecule has 0 N–H and O–H groups in total. The fourth-order valence-corrected chi connectivity index (χ4v) is 9.47. The summed E-state index contributed by atoms with van der Waals surface area (Å²) in [6.07, 6.45) is 0. The number of hydrogen-bond acceptors (Lipinski definition) is 6. The highest BCUT2D eigenvalue weighted by Crippen LogP contribution is 2.40. The molecule has 0 amide bonds. The molecule has 8 nitrogen and oxygen atoms in total. The van der Waals surface area contributed by atoms with Crippen LogP contribution in [0, 0.1) is 0 Å². The molecule has 0 fully saturated rings. The van der Waals surface area contributed by atoms with E-state index in [0.717, 1.165) is 77.6 Å². The van der Waals surface area contributed by atoms with Crippen LogP contribution >= 0.6 is 0 Å². The Bertz CT molecular complexity index is 3850. The zero-order valence-electron chi connectivity index (χ0n) is 36.5. The highest BCUT2D eigenvalue weighted by Gasteiger charge is 2.23. The molecule has 13 aromatic rings. The molecule has 13 rings (SSSR count). The van der Waals surface area contributed by atoms with Gasteiger partial charge in [0, 0.05) is 60.6 Å². The summed E-state index contributed by atoms with van der Waals surface area (Å²) in [6, 6.07) is 79.4. The standard InChI is InChI=1S/C60H38N8/c1-5-19-39(20-6-1)55-61-56(40-21-7-2-8-22-40)64-59(63-55)43-33-36-53(49(37-43)60-65-57(41-23-9-3-10-24-41)62-58(66-60)42-25-11-4-12-26-42)68-52-32-18-15-29-47(52)48-35-34-44(38-54(48)68)67-50-30-16-13-27-45(50)46-28-14-17-31-51(46)67/h1-38H. The fraction of sp³-hybridized carbons (Fsp3) is 0. The highest BCUT2D eigenvalue weighted by atomic mass is 15.1. The number of fused-ring (bicyclic) bond motifs is 6. The van der Waals surface area contributed by atoms with Crippen molar-refractivity contribution in [1.82, 2.24) is 39.0 Å². The van der Waals surface area contributed by atoms with E-state index in [1.165, 1.54) is 10.8 Å². The van der Waals surface area contributed by atoms with Gasteiger partial charge in [0.15, 0.2) is 34.9 Å². The van der Waals surface area contributed by atoms with Gasteiger partial charge in [0.05, 0.1) is 27.8 Å². The Morgan fingerprint density at radius 1 is 0.235 bits per heavy atom. The minimum atomic E-state index is 0.514. The third-order valence-corrected chi connectivity index (χ3v) is 12.6. The second kappa shape index (κ2) is 16.2. The van der Waals surface area contributed by atoms with Crippen LogP contribution in [0.25, 0.3) is 123 Å². The molecule has 0 radical (unpaired) electrons. The van der Waals surface area contributed by atoms with Crippen molar-refractivity contribution in [3.05, 3.63) is 231 Å². The smallest absolute Gasteiger partial charge is 0.166 e. The summed E-state index contributed by atoms with van der Waals surface area (Å²) in [4.78, 5) is 31.1. The van der Waals surface area contributed by atoms with Gasteiger partial charge in [-0.15, -0.1) is 0 Å². The first-order valence-electron chi connectivity index (χ1n) is 22.6. The van der Waals surface area contributed by atoms with Crippen LogP contribution in [-0.4, -0.2) is 39.0 Å². The number of nitrogens with zero attached hydrogens (tertiary/aromatic N) is 8. The van der Waals surface area contributed by atoms with Gasteiger partial charge < -0.3 is 9.13 Å². The van der Waals surface area contributed by atoms with Crippen molar-refractivity contribution < 1.29 is 0 Å². The molecule has 0 spiro atoms. The summed E-state index contributed by atoms with van der Waals surface area (Å²) in [5, 5.41) is 4.69. The Hall–Kier alpha value is -9.40. The van der Waals surface area contributed by atoms with Crippen molar-refractivity contribution in [2.45, 2.75) is 0 Å². The molecule has 0 unspecified atom stereocenters. The molecule has 4 aromatic heterocycles. The van der Waals surface area contributed by atoms with E-state index in [4.69, 9.17) is 29.9 Å². The monoisotopic (exact) mass is 870 g/mol. The van der Waals surface area contributed by atoms with Crippen LogP contribution in [0.2, 0.25) is 0 Å². The van der Waals surface area contributed by atoms with Crippen molar-refractivity contribution in [3.63, 3.8) is 0 Å². The molecule has 0 aliphatic rings. The number of hydrogen-bond donors (Lipinski definition) is 0. The molecular formula is C60H38N8. The first-order valence-corrected chi connectivity index (χ1v) is 22.6. The lowest BCUT2D eigenvalue weighted by molar-refractivity contribution is 1.06. The molecule has 9 aromatic carbocycles. The van der Waals surface area contributed by atoms with Crippen LogP contribution in [0.4, 0.5) is 0 Å². The predicted octanol–water partition coefficient (Wildman–Crippen LogP) is 14.3. The van der Waals surface area contributed by atoms with Gasteiger partial charge in [-0.3, -0.25) is 0 Å². The van der Waals surface area contributed by atoms with Crippen molar-refractivity contribution in [3.8, 4) is 79.7 Å². The number of rotatable bonds is 8. The van der Waals surface area contributed by atoms with Crippen LogP contribution in [0.3, 0.4) is 0 Å². The topological polar surface area (TPSA) is 87.2 Å². The molecular weight excluding hydrogens is 833 g/mol. The normalized spacial score (nSPS) is 11.5. The zero-order valence-corrected chi connectivity index (χ0v) is 36.5. The molecule has 4 heterocycles. The van der Waals surface area contributed by atoms with Crippen LogP contribution in [-0.2, 0) is 0 Å². The van der Waals surface area contributed by atoms with Gasteiger partial charge in [-0.2, -0.15) is 0 Å². The van der Waals surface area contributed by atoms with Gasteiger partial charge in [-0.05, 0) is 48.5 Å². The number of benzene rings is 9. The summed E-state index contributed by atoms with van der Waals surface area (Å²) >= 11 is 0. The molecule has 0 saturated heterocycles. The fourth-order valence-electron chi connectivity index (χ4n) is 9.47. The van der Waals surface area contributed by atoms with Crippen molar-refractivity contribution in [1.29, 1.82) is 0 Å². The summed E-state index contributed by atoms with van der Waals surface area (Å²) < 4.78 is 4.73. The summed E-state index contributed by atoms with van der Waals surface area (Å²) in [5.41, 5.74) is 11.5. The van der Waals surface area contributed by atoms with Gasteiger partial charge in [-0.1, -0.05) is 182 Å². The molecule has 0 atom stereocenters. The van der Waals surface area contributed by atoms with Crippen molar-refractivity contribution in [2.24, 2.45) is 0 Å². The number of para-hydroxylation sites is 3. The van der Waals surface area contributed by atoms with E-state index in [0.29, 0.717) is 34.9 Å². The SMILES string of the molecule is c1ccc(-c2nc(-c3ccccc3)nc(-c3ccc(-n4c5ccccc5c5ccc(-n6c7ccccc7c7ccccc76)cc54)c(-c4nc(-c5ccccc5)nc(-c5ccccc5)n4)c3)n2)cc1. The van der Waals surface area contributed by atoms with E-state index >= 15 is 0 Å². The maximum atomic E-state index is 5.33. The molecule has 0 aliphatic carbocycles. The lowest BCUT2D eigenvalue weighted by atomic mass is 10.1. The first kappa shape index (κ1) is 39.0. The summed E-state index contributed by atoms with van der Waals surface area (Å²) in [6.45, 7) is 0. The summed E-state index contributed by atoms with van der Waals surface area (Å²) in [7, 11) is 0. The molecule has 0 aliphatic heterocycles. The third kappa shape index (κ3) is 6.70. The van der Waals surface area contributed by atoms with Crippen LogP contribution in [0.1, 0.15) is 0 Å². The minimum Gasteiger partial charge on any atom is -0.309 e. The Morgan fingerprint density at radius 2 is 0.588 bits per heavy atom. The van der Waals surface area contributed by atoms with E-state index in [2.05, 4.69) is 118 Å². The molecule has 0 saturated carbocycles. The van der Waals surface area contributed by atoms with E-state index in [-0.39, 0.29) is 0 Å². The lowest BCUT2D eigenvalue weighted by Crippen LogP contribution is -2.05. The minimum absolute atomic E-state index is 0.514. The van der Waals surface area contributed by atoms with Crippen LogP contribution in [0.15, 0.2) is 231 Å². The average molecular weight is 871 g/mol. The number of aromatic nitrogens is 8. The Labute approximate surface area is 391 Å². The molecule has 68 heavy (non-hydrogen) atoms. The maximum Gasteiger partial charge on any atom is 0.166 e. The van der Waals surface area contributed by atoms with E-state index in [1.807, 2.05) is 121 Å². The lowest BCUT2D eigenvalue weighted by Gasteiger charge is -2.17. The highest BCUT2D eigenvalue weighted by molar-refractivity contribution is 6.12. The van der Waals surface area contributed by atoms with Crippen molar-refractivity contribution >= 4 is 43.6 Å². The zero-order chi connectivity index (χ0) is 45.0. The van der Waals surface area contributed by atoms with Gasteiger partial charge in [0.25, 0.3) is 0 Å². The average Bonchev–Trinajstić information content (AvgIpc) is 3.94. The quantitative estimate of drug-likeness (QED) is 0.151. The van der Waals surface area contributed by atoms with E-state index in [9.17, 15) is 0 Å². The van der Waals surface area contributed by atoms with Gasteiger partial charge in [-0.25, -0.2) is 29.9 Å². The first-order chi connectivity index (χ1) is 33.7. The largest absolute Gasteiger partial charge is 0.309 e. The second-order valence-corrected chi connectivity index (χ2v) is 16.7. The Balaban J connectivity index is 1.11. The van der Waals surface area contributed by atoms with Gasteiger partial charge in [0.1, 0.15) is 0 Å². The van der Waals surface area contributed by atoms with E-state index in [1.54, 1.807) is 0 Å². The Kier molecular flexibility index (Phi) is 9.31. The predicted molar refractivity (Wildman–Crippen MR) is 275 cm³/mol. The van der Waals surface area contributed by atoms with Gasteiger partial charge in [0.2, 0.25) is 0 Å². The Morgan fingerprint density at radius 3 is 1.03 bits per heavy atom. The van der Waals surface area contributed by atoms with E-state index < -0.39 is 0 Å². The van der Waals surface area contributed by atoms with Crippen LogP contribution in [0.5, 0.6) is 0 Å². The maximum absolute atomic E-state index is 5.33. The third-order valence-electron chi connectivity index (χ3n) is 12.6.